The molecule has 0 aromatic heterocycles. The molecule has 0 saturated carbocycles. The Morgan fingerprint density at radius 1 is 0.952 bits per heavy atom. The van der Waals surface area contributed by atoms with Crippen LogP contribution >= 0.6 is 23.2 Å². The van der Waals surface area contributed by atoms with Crippen LogP contribution < -0.4 is 0 Å². The lowest BCUT2D eigenvalue weighted by molar-refractivity contribution is -0.138. The number of carbonyl (C=O) groups excluding carboxylic acids is 2. The van der Waals surface area contributed by atoms with Crippen molar-refractivity contribution in [3.63, 3.8) is 0 Å². The van der Waals surface area contributed by atoms with Gasteiger partial charge in [-0.15, -0.1) is 0 Å². The fraction of sp³-hybridized carbons (Fsp3) is 0.333. The number of carbonyl (C=O) groups is 2. The first kappa shape index (κ1) is 14.4. The van der Waals surface area contributed by atoms with E-state index in [4.69, 9.17) is 23.2 Å². The second-order valence-electron chi connectivity index (χ2n) is 5.18. The number of halogens is 2. The van der Waals surface area contributed by atoms with Crippen LogP contribution in [0.2, 0.25) is 5.02 Å². The smallest absolute Gasteiger partial charge is 0.279 e. The Morgan fingerprint density at radius 3 is 2.19 bits per heavy atom. The van der Waals surface area contributed by atoms with Gasteiger partial charge in [-0.3, -0.25) is 14.5 Å². The van der Waals surface area contributed by atoms with E-state index in [0.29, 0.717) is 10.7 Å². The fourth-order valence-electron chi connectivity index (χ4n) is 2.66. The second kappa shape index (κ2) is 5.70. The molecule has 2 aliphatic heterocycles. The molecule has 0 unspecified atom stereocenters. The summed E-state index contributed by atoms with van der Waals surface area (Å²) in [6.45, 7) is 1.76. The highest BCUT2D eigenvalue weighted by molar-refractivity contribution is 6.47. The van der Waals surface area contributed by atoms with Crippen LogP contribution in [-0.4, -0.2) is 34.7 Å². The summed E-state index contributed by atoms with van der Waals surface area (Å²) in [5.74, 6) is -0.722. The summed E-state index contributed by atoms with van der Waals surface area (Å²) in [6, 6.07) is 7.06. The minimum atomic E-state index is -0.418. The highest BCUT2D eigenvalue weighted by Gasteiger charge is 2.40. The van der Waals surface area contributed by atoms with Crippen molar-refractivity contribution >= 4 is 35.0 Å². The summed E-state index contributed by atoms with van der Waals surface area (Å²) in [4.78, 5) is 27.8. The quantitative estimate of drug-likeness (QED) is 0.803. The lowest BCUT2D eigenvalue weighted by atomic mass is 10.2. The Labute approximate surface area is 132 Å². The third kappa shape index (κ3) is 2.65. The molecule has 4 nitrogen and oxygen atoms in total. The number of amides is 2. The fourth-order valence-corrected chi connectivity index (χ4v) is 3.09. The number of nitrogens with zero attached hydrogens (tertiary/aromatic N) is 2. The predicted octanol–water partition coefficient (Wildman–Crippen LogP) is 2.76. The van der Waals surface area contributed by atoms with Crippen LogP contribution in [0.4, 0.5) is 0 Å². The van der Waals surface area contributed by atoms with Gasteiger partial charge in [-0.25, -0.2) is 0 Å². The van der Waals surface area contributed by atoms with Gasteiger partial charge in [-0.05, 0) is 30.5 Å². The molecule has 1 saturated heterocycles. The first-order valence-corrected chi connectivity index (χ1v) is 7.59. The Morgan fingerprint density at radius 2 is 1.57 bits per heavy atom. The number of benzene rings is 1. The molecule has 0 bridgehead atoms. The van der Waals surface area contributed by atoms with Gasteiger partial charge in [0.2, 0.25) is 0 Å². The van der Waals surface area contributed by atoms with E-state index in [-0.39, 0.29) is 17.5 Å². The number of likely N-dealkylation sites (tertiary alicyclic amines) is 1. The molecule has 1 aromatic rings. The van der Waals surface area contributed by atoms with Gasteiger partial charge in [0.15, 0.2) is 0 Å². The van der Waals surface area contributed by atoms with Crippen molar-refractivity contribution in [1.82, 2.24) is 9.80 Å². The Kier molecular flexibility index (Phi) is 3.91. The number of hydrogen-bond acceptors (Lipinski definition) is 3. The van der Waals surface area contributed by atoms with E-state index in [9.17, 15) is 9.59 Å². The number of hydrogen-bond donors (Lipinski definition) is 0. The lowest BCUT2D eigenvalue weighted by Gasteiger charge is -2.19. The zero-order valence-corrected chi connectivity index (χ0v) is 12.8. The zero-order chi connectivity index (χ0) is 15.0. The molecule has 6 heteroatoms. The van der Waals surface area contributed by atoms with Crippen LogP contribution in [0.5, 0.6) is 0 Å². The predicted molar refractivity (Wildman–Crippen MR) is 80.7 cm³/mol. The van der Waals surface area contributed by atoms with Gasteiger partial charge < -0.3 is 4.90 Å². The van der Waals surface area contributed by atoms with Crippen LogP contribution in [-0.2, 0) is 16.1 Å². The van der Waals surface area contributed by atoms with Crippen molar-refractivity contribution in [2.75, 3.05) is 13.1 Å². The molecule has 0 atom stereocenters. The highest BCUT2D eigenvalue weighted by atomic mass is 35.5. The Hall–Kier alpha value is -1.52. The number of imide groups is 1. The van der Waals surface area contributed by atoms with Crippen LogP contribution in [0.15, 0.2) is 35.0 Å². The normalized spacial score (nSPS) is 19.1. The van der Waals surface area contributed by atoms with Crippen molar-refractivity contribution in [2.24, 2.45) is 0 Å². The van der Waals surface area contributed by atoms with Gasteiger partial charge in [0, 0.05) is 18.1 Å². The average Bonchev–Trinajstić information content (AvgIpc) is 3.05. The van der Waals surface area contributed by atoms with E-state index >= 15 is 0 Å². The van der Waals surface area contributed by atoms with Gasteiger partial charge >= 0.3 is 0 Å². The van der Waals surface area contributed by atoms with Crippen molar-refractivity contribution in [3.8, 4) is 0 Å². The van der Waals surface area contributed by atoms with Gasteiger partial charge in [0.05, 0.1) is 6.54 Å². The third-order valence-corrected chi connectivity index (χ3v) is 4.36. The van der Waals surface area contributed by atoms with Crippen LogP contribution in [0, 0.1) is 0 Å². The maximum atomic E-state index is 12.5. The molecule has 0 radical (unpaired) electrons. The summed E-state index contributed by atoms with van der Waals surface area (Å²) in [5, 5.41) is 0.655. The summed E-state index contributed by atoms with van der Waals surface area (Å²) in [6.07, 6.45) is 2.04. The molecule has 1 aromatic carbocycles. The largest absolute Gasteiger partial charge is 0.366 e. The molecule has 3 rings (SSSR count). The minimum Gasteiger partial charge on any atom is -0.366 e. The number of rotatable bonds is 3. The summed E-state index contributed by atoms with van der Waals surface area (Å²) in [7, 11) is 0. The molecule has 0 aliphatic carbocycles. The van der Waals surface area contributed by atoms with Gasteiger partial charge in [-0.1, -0.05) is 35.3 Å². The van der Waals surface area contributed by atoms with E-state index < -0.39 is 5.91 Å². The van der Waals surface area contributed by atoms with Gasteiger partial charge in [-0.2, -0.15) is 0 Å². The molecule has 0 spiro atoms. The molecule has 2 aliphatic rings. The van der Waals surface area contributed by atoms with E-state index in [1.807, 2.05) is 4.90 Å². The van der Waals surface area contributed by atoms with Crippen LogP contribution in [0.3, 0.4) is 0 Å². The average molecular weight is 325 g/mol. The van der Waals surface area contributed by atoms with Gasteiger partial charge in [0.1, 0.15) is 10.7 Å². The lowest BCUT2D eigenvalue weighted by Crippen LogP contribution is -2.34. The monoisotopic (exact) mass is 324 g/mol. The van der Waals surface area contributed by atoms with E-state index in [0.717, 1.165) is 31.5 Å². The molecular weight excluding hydrogens is 311 g/mol. The third-order valence-electron chi connectivity index (χ3n) is 3.76. The first-order chi connectivity index (χ1) is 10.1. The second-order valence-corrected chi connectivity index (χ2v) is 5.99. The first-order valence-electron chi connectivity index (χ1n) is 6.83. The molecule has 2 heterocycles. The van der Waals surface area contributed by atoms with E-state index in [1.165, 1.54) is 4.90 Å². The minimum absolute atomic E-state index is 0.0378. The maximum absolute atomic E-state index is 12.5. The zero-order valence-electron chi connectivity index (χ0n) is 11.3. The standard InChI is InChI=1S/C15H14Cl2N2O2/c16-11-5-3-10(4-6-11)9-19-14(20)12(17)13(15(19)21)18-7-1-2-8-18/h3-6H,1-2,7-9H2. The summed E-state index contributed by atoms with van der Waals surface area (Å²) in [5.41, 5.74) is 1.20. The van der Waals surface area contributed by atoms with E-state index in [2.05, 4.69) is 0 Å². The van der Waals surface area contributed by atoms with Gasteiger partial charge in [0.25, 0.3) is 11.8 Å². The van der Waals surface area contributed by atoms with Crippen molar-refractivity contribution in [1.29, 1.82) is 0 Å². The maximum Gasteiger partial charge on any atom is 0.279 e. The molecule has 21 heavy (non-hydrogen) atoms. The molecule has 0 N–H and O–H groups in total. The van der Waals surface area contributed by atoms with E-state index in [1.54, 1.807) is 24.3 Å². The van der Waals surface area contributed by atoms with Crippen molar-refractivity contribution in [3.05, 3.63) is 45.6 Å². The van der Waals surface area contributed by atoms with Crippen molar-refractivity contribution in [2.45, 2.75) is 19.4 Å². The SMILES string of the molecule is O=C1C(Cl)=C(N2CCCC2)C(=O)N1Cc1ccc(Cl)cc1. The highest BCUT2D eigenvalue weighted by Crippen LogP contribution is 2.30. The van der Waals surface area contributed by atoms with Crippen molar-refractivity contribution < 1.29 is 9.59 Å². The van der Waals surface area contributed by atoms with Crippen LogP contribution in [0.25, 0.3) is 0 Å². The molecular formula is C15H14Cl2N2O2. The summed E-state index contributed by atoms with van der Waals surface area (Å²) >= 11 is 11.9. The van der Waals surface area contributed by atoms with Crippen LogP contribution in [0.1, 0.15) is 18.4 Å². The molecule has 1 fully saturated rings. The topological polar surface area (TPSA) is 40.6 Å². The Balaban J connectivity index is 1.81. The Bertz CT molecular complexity index is 619. The molecule has 2 amide bonds. The molecule has 110 valence electrons. The summed E-state index contributed by atoms with van der Waals surface area (Å²) < 4.78 is 0.